The van der Waals surface area contributed by atoms with Crippen LogP contribution >= 0.6 is 0 Å². The van der Waals surface area contributed by atoms with Crippen LogP contribution in [0.25, 0.3) is 6.08 Å². The van der Waals surface area contributed by atoms with Crippen molar-refractivity contribution in [2.24, 2.45) is 0 Å². The van der Waals surface area contributed by atoms with Crippen molar-refractivity contribution in [2.75, 3.05) is 30.4 Å². The lowest BCUT2D eigenvalue weighted by Gasteiger charge is -2.47. The Morgan fingerprint density at radius 2 is 1.91 bits per heavy atom. The number of carbonyl (C=O) groups is 3. The maximum atomic E-state index is 12.9. The number of nitrogens with one attached hydrogen (secondary N) is 2. The van der Waals surface area contributed by atoms with Gasteiger partial charge in [0.05, 0.1) is 7.11 Å². The fourth-order valence-corrected chi connectivity index (χ4v) is 5.10. The summed E-state index contributed by atoms with van der Waals surface area (Å²) in [5.41, 5.74) is 4.04. The fraction of sp³-hybridized carbons (Fsp3) is 0.370. The van der Waals surface area contributed by atoms with Gasteiger partial charge in [-0.3, -0.25) is 9.59 Å². The molecule has 0 saturated carbocycles. The summed E-state index contributed by atoms with van der Waals surface area (Å²) in [5, 5.41) is 5.29. The lowest BCUT2D eigenvalue weighted by Crippen LogP contribution is -2.48. The number of methoxy groups -OCH3 is 1. The Labute approximate surface area is 205 Å². The maximum Gasteiger partial charge on any atom is 0.329 e. The predicted molar refractivity (Wildman–Crippen MR) is 136 cm³/mol. The van der Waals surface area contributed by atoms with Gasteiger partial charge in [-0.05, 0) is 86.7 Å². The van der Waals surface area contributed by atoms with Crippen molar-refractivity contribution in [3.05, 3.63) is 59.3 Å². The second kappa shape index (κ2) is 9.44. The fourth-order valence-electron chi connectivity index (χ4n) is 5.10. The molecule has 4 rings (SSSR count). The molecule has 0 bridgehead atoms. The lowest BCUT2D eigenvalue weighted by atomic mass is 9.79. The number of imide groups is 1. The van der Waals surface area contributed by atoms with Crippen LogP contribution in [0.2, 0.25) is 0 Å². The van der Waals surface area contributed by atoms with E-state index in [0.717, 1.165) is 23.4 Å². The average Bonchev–Trinajstić information content (AvgIpc) is 3.07. The first-order valence-corrected chi connectivity index (χ1v) is 11.8. The van der Waals surface area contributed by atoms with Crippen LogP contribution < -0.4 is 20.3 Å². The summed E-state index contributed by atoms with van der Waals surface area (Å²) in [5.74, 6) is 0.0366. The Balaban J connectivity index is 1.49. The molecule has 0 aliphatic carbocycles. The van der Waals surface area contributed by atoms with E-state index in [9.17, 15) is 14.4 Å². The number of carbonyl (C=O) groups excluding carboxylic acids is 3. The molecule has 184 valence electrons. The minimum atomic E-state index is -0.614. The van der Waals surface area contributed by atoms with Gasteiger partial charge in [0, 0.05) is 23.5 Å². The first kappa shape index (κ1) is 24.3. The molecule has 2 N–H and O–H groups in total. The zero-order valence-electron chi connectivity index (χ0n) is 20.8. The van der Waals surface area contributed by atoms with E-state index >= 15 is 0 Å². The number of hydrogen-bond acceptors (Lipinski definition) is 5. The minimum absolute atomic E-state index is 0.0729. The number of benzene rings is 2. The highest BCUT2D eigenvalue weighted by atomic mass is 16.5. The molecule has 0 aromatic heterocycles. The third-order valence-corrected chi connectivity index (χ3v) is 6.67. The van der Waals surface area contributed by atoms with E-state index in [0.29, 0.717) is 17.4 Å². The van der Waals surface area contributed by atoms with E-state index in [1.54, 1.807) is 37.5 Å². The SMILES string of the molecule is CCN1c2ccc(/C=C3/NC(=O)N(CC(=O)Nc4ccc(OC)cc4)C3=O)cc2C(C)CC1(C)C. The minimum Gasteiger partial charge on any atom is -0.497 e. The van der Waals surface area contributed by atoms with E-state index in [1.165, 1.54) is 11.3 Å². The highest BCUT2D eigenvalue weighted by molar-refractivity contribution is 6.16. The molecule has 8 nitrogen and oxygen atoms in total. The summed E-state index contributed by atoms with van der Waals surface area (Å²) in [6, 6.07) is 12.3. The van der Waals surface area contributed by atoms with Gasteiger partial charge in [-0.1, -0.05) is 13.0 Å². The van der Waals surface area contributed by atoms with Gasteiger partial charge < -0.3 is 20.3 Å². The number of ether oxygens (including phenoxy) is 1. The summed E-state index contributed by atoms with van der Waals surface area (Å²) in [6.45, 7) is 9.43. The molecule has 4 amide bonds. The Morgan fingerprint density at radius 1 is 1.20 bits per heavy atom. The molecule has 35 heavy (non-hydrogen) atoms. The summed E-state index contributed by atoms with van der Waals surface area (Å²) in [7, 11) is 1.56. The average molecular weight is 477 g/mol. The normalized spacial score (nSPS) is 20.0. The molecule has 2 aromatic carbocycles. The number of fused-ring (bicyclic) bond motifs is 1. The van der Waals surface area contributed by atoms with Gasteiger partial charge in [-0.15, -0.1) is 0 Å². The summed E-state index contributed by atoms with van der Waals surface area (Å²) < 4.78 is 5.10. The van der Waals surface area contributed by atoms with Gasteiger partial charge in [0.25, 0.3) is 5.91 Å². The van der Waals surface area contributed by atoms with Crippen LogP contribution in [0.4, 0.5) is 16.2 Å². The Hall–Kier alpha value is -3.81. The molecule has 1 saturated heterocycles. The van der Waals surface area contributed by atoms with Crippen molar-refractivity contribution in [3.63, 3.8) is 0 Å². The maximum absolute atomic E-state index is 12.9. The van der Waals surface area contributed by atoms with E-state index in [1.807, 2.05) is 6.07 Å². The third-order valence-electron chi connectivity index (χ3n) is 6.67. The standard InChI is InChI=1S/C27H32N4O4/c1-6-31-23-12-7-18(13-21(23)17(2)15-27(31,3)4)14-22-25(33)30(26(34)29-22)16-24(32)28-19-8-10-20(35-5)11-9-19/h7-14,17H,6,15-16H2,1-5H3,(H,28,32)(H,29,34)/b22-14+. The lowest BCUT2D eigenvalue weighted by molar-refractivity contribution is -0.127. The van der Waals surface area contributed by atoms with E-state index in [2.05, 4.69) is 55.4 Å². The molecule has 2 aliphatic rings. The van der Waals surface area contributed by atoms with Crippen LogP contribution in [0.1, 0.15) is 51.2 Å². The monoisotopic (exact) mass is 476 g/mol. The Bertz CT molecular complexity index is 1190. The van der Waals surface area contributed by atoms with Gasteiger partial charge in [-0.25, -0.2) is 9.69 Å². The van der Waals surface area contributed by atoms with Crippen LogP contribution in [0.15, 0.2) is 48.2 Å². The number of hydrogen-bond donors (Lipinski definition) is 2. The zero-order chi connectivity index (χ0) is 25.3. The summed E-state index contributed by atoms with van der Waals surface area (Å²) >= 11 is 0. The second-order valence-electron chi connectivity index (χ2n) is 9.64. The largest absolute Gasteiger partial charge is 0.497 e. The molecule has 2 heterocycles. The van der Waals surface area contributed by atoms with Crippen molar-refractivity contribution in [3.8, 4) is 5.75 Å². The van der Waals surface area contributed by atoms with Gasteiger partial charge in [0.15, 0.2) is 0 Å². The molecule has 1 unspecified atom stereocenters. The molecule has 1 atom stereocenters. The molecular formula is C27H32N4O4. The van der Waals surface area contributed by atoms with Crippen LogP contribution in [0.3, 0.4) is 0 Å². The predicted octanol–water partition coefficient (Wildman–Crippen LogP) is 4.34. The summed E-state index contributed by atoms with van der Waals surface area (Å²) in [4.78, 5) is 41.1. The molecule has 0 spiro atoms. The number of amides is 4. The van der Waals surface area contributed by atoms with Gasteiger partial charge >= 0.3 is 6.03 Å². The summed E-state index contributed by atoms with van der Waals surface area (Å²) in [6.07, 6.45) is 2.70. The Kier molecular flexibility index (Phi) is 6.56. The first-order valence-electron chi connectivity index (χ1n) is 11.8. The number of anilines is 2. The van der Waals surface area contributed by atoms with Crippen LogP contribution in [-0.2, 0) is 9.59 Å². The molecule has 2 aliphatic heterocycles. The van der Waals surface area contributed by atoms with Crippen molar-refractivity contribution in [2.45, 2.75) is 45.6 Å². The van der Waals surface area contributed by atoms with Crippen LogP contribution in [0.5, 0.6) is 5.75 Å². The smallest absolute Gasteiger partial charge is 0.329 e. The molecule has 1 fully saturated rings. The van der Waals surface area contributed by atoms with Crippen molar-refractivity contribution >= 4 is 35.3 Å². The quantitative estimate of drug-likeness (QED) is 0.478. The third kappa shape index (κ3) is 4.87. The van der Waals surface area contributed by atoms with E-state index < -0.39 is 17.8 Å². The van der Waals surface area contributed by atoms with E-state index in [-0.39, 0.29) is 17.8 Å². The zero-order valence-corrected chi connectivity index (χ0v) is 20.8. The molecule has 2 aromatic rings. The van der Waals surface area contributed by atoms with E-state index in [4.69, 9.17) is 4.74 Å². The number of rotatable bonds is 6. The number of nitrogens with zero attached hydrogens (tertiary/aromatic N) is 2. The van der Waals surface area contributed by atoms with Gasteiger partial charge in [-0.2, -0.15) is 0 Å². The van der Waals surface area contributed by atoms with Gasteiger partial charge in [0.2, 0.25) is 5.91 Å². The van der Waals surface area contributed by atoms with Crippen LogP contribution in [0, 0.1) is 0 Å². The van der Waals surface area contributed by atoms with Crippen molar-refractivity contribution in [1.29, 1.82) is 0 Å². The van der Waals surface area contributed by atoms with Crippen molar-refractivity contribution < 1.29 is 19.1 Å². The van der Waals surface area contributed by atoms with Crippen LogP contribution in [-0.4, -0.2) is 48.5 Å². The highest BCUT2D eigenvalue weighted by Crippen LogP contribution is 2.43. The Morgan fingerprint density at radius 3 is 2.57 bits per heavy atom. The molecular weight excluding hydrogens is 444 g/mol. The van der Waals surface area contributed by atoms with Gasteiger partial charge in [0.1, 0.15) is 18.0 Å². The van der Waals surface area contributed by atoms with Crippen molar-refractivity contribution in [1.82, 2.24) is 10.2 Å². The first-order chi connectivity index (χ1) is 16.6. The molecule has 0 radical (unpaired) electrons. The second-order valence-corrected chi connectivity index (χ2v) is 9.64. The molecule has 8 heteroatoms. The number of urea groups is 1. The highest BCUT2D eigenvalue weighted by Gasteiger charge is 2.37. The topological polar surface area (TPSA) is 91.0 Å².